The van der Waals surface area contributed by atoms with Gasteiger partial charge in [0.2, 0.25) is 10.0 Å². The monoisotopic (exact) mass is 444 g/mol. The molecule has 0 bridgehead atoms. The van der Waals surface area contributed by atoms with Gasteiger partial charge in [-0.05, 0) is 31.5 Å². The molecule has 4 rings (SSSR count). The Hall–Kier alpha value is -2.33. The van der Waals surface area contributed by atoms with Gasteiger partial charge in [-0.25, -0.2) is 18.4 Å². The van der Waals surface area contributed by atoms with E-state index >= 15 is 0 Å². The van der Waals surface area contributed by atoms with E-state index in [2.05, 4.69) is 15.3 Å². The van der Waals surface area contributed by atoms with E-state index < -0.39 is 16.1 Å². The Balaban J connectivity index is 1.47. The van der Waals surface area contributed by atoms with Crippen molar-refractivity contribution in [2.45, 2.75) is 25.7 Å². The molecular weight excluding hydrogens is 420 g/mol. The van der Waals surface area contributed by atoms with Crippen molar-refractivity contribution in [1.29, 1.82) is 0 Å². The zero-order chi connectivity index (χ0) is 21.1. The molecular formula is C21H24N4O3S2. The van der Waals surface area contributed by atoms with Crippen LogP contribution in [0.2, 0.25) is 0 Å². The Morgan fingerprint density at radius 2 is 2.00 bits per heavy atom. The fourth-order valence-electron chi connectivity index (χ4n) is 3.27. The van der Waals surface area contributed by atoms with Crippen LogP contribution in [0, 0.1) is 13.8 Å². The van der Waals surface area contributed by atoms with Crippen molar-refractivity contribution in [3.63, 3.8) is 0 Å². The van der Waals surface area contributed by atoms with Crippen LogP contribution in [0.5, 0.6) is 0 Å². The lowest BCUT2D eigenvalue weighted by atomic mass is 10.2. The lowest BCUT2D eigenvalue weighted by molar-refractivity contribution is -0.00490. The number of aryl methyl sites for hydroxylation is 2. The molecule has 2 aromatic heterocycles. The van der Waals surface area contributed by atoms with E-state index in [0.29, 0.717) is 24.7 Å². The Kier molecular flexibility index (Phi) is 6.14. The van der Waals surface area contributed by atoms with Gasteiger partial charge in [-0.1, -0.05) is 35.9 Å². The van der Waals surface area contributed by atoms with Crippen molar-refractivity contribution in [2.75, 3.05) is 25.0 Å². The Morgan fingerprint density at radius 3 is 2.73 bits per heavy atom. The number of anilines is 2. The Morgan fingerprint density at radius 1 is 1.20 bits per heavy atom. The van der Waals surface area contributed by atoms with Gasteiger partial charge in [0.25, 0.3) is 0 Å². The van der Waals surface area contributed by atoms with Gasteiger partial charge in [-0.2, -0.15) is 4.31 Å². The van der Waals surface area contributed by atoms with E-state index in [4.69, 9.17) is 4.74 Å². The average Bonchev–Trinajstić information content (AvgIpc) is 3.14. The molecule has 1 aliphatic rings. The van der Waals surface area contributed by atoms with Crippen molar-refractivity contribution < 1.29 is 13.2 Å². The van der Waals surface area contributed by atoms with Gasteiger partial charge in [0.15, 0.2) is 5.13 Å². The summed E-state index contributed by atoms with van der Waals surface area (Å²) in [7, 11) is -3.44. The lowest BCUT2D eigenvalue weighted by Gasteiger charge is -2.32. The predicted octanol–water partition coefficient (Wildman–Crippen LogP) is 3.80. The summed E-state index contributed by atoms with van der Waals surface area (Å²) in [6, 6.07) is 13.2. The highest BCUT2D eigenvalue weighted by molar-refractivity contribution is 7.88. The first-order valence-electron chi connectivity index (χ1n) is 9.70. The minimum atomic E-state index is -3.44. The van der Waals surface area contributed by atoms with Crippen molar-refractivity contribution in [3.8, 4) is 0 Å². The standard InChI is InChI=1S/C21H24N4O3S2/c1-15-6-8-17(9-7-15)14-30(26,27)25-10-11-28-19(13-25)18-4-3-5-20(23-18)24-21-22-12-16(2)29-21/h3-9,12,19H,10-11,13-14H2,1-2H3,(H,22,23,24). The summed E-state index contributed by atoms with van der Waals surface area (Å²) >= 11 is 1.55. The topological polar surface area (TPSA) is 84.4 Å². The molecule has 0 amide bonds. The molecule has 1 N–H and O–H groups in total. The number of aromatic nitrogens is 2. The summed E-state index contributed by atoms with van der Waals surface area (Å²) in [5, 5.41) is 3.96. The number of thiazole rings is 1. The zero-order valence-electron chi connectivity index (χ0n) is 16.9. The maximum atomic E-state index is 13.0. The fraction of sp³-hybridized carbons (Fsp3) is 0.333. The number of morpholine rings is 1. The van der Waals surface area contributed by atoms with Crippen LogP contribution in [0.1, 0.15) is 27.8 Å². The van der Waals surface area contributed by atoms with Crippen LogP contribution >= 0.6 is 11.3 Å². The van der Waals surface area contributed by atoms with Gasteiger partial charge in [-0.15, -0.1) is 11.3 Å². The van der Waals surface area contributed by atoms with E-state index in [1.807, 2.05) is 56.3 Å². The molecule has 158 valence electrons. The number of nitrogens with one attached hydrogen (secondary N) is 1. The molecule has 1 aliphatic heterocycles. The van der Waals surface area contributed by atoms with Crippen molar-refractivity contribution >= 4 is 32.3 Å². The molecule has 1 unspecified atom stereocenters. The Labute approximate surface area is 180 Å². The van der Waals surface area contributed by atoms with Crippen molar-refractivity contribution in [2.24, 2.45) is 0 Å². The van der Waals surface area contributed by atoms with Gasteiger partial charge in [0.1, 0.15) is 11.9 Å². The summed E-state index contributed by atoms with van der Waals surface area (Å²) in [5.74, 6) is 0.642. The summed E-state index contributed by atoms with van der Waals surface area (Å²) in [6.07, 6.45) is 1.39. The van der Waals surface area contributed by atoms with Crippen LogP contribution in [0.25, 0.3) is 0 Å². The number of sulfonamides is 1. The Bertz CT molecular complexity index is 1110. The maximum Gasteiger partial charge on any atom is 0.218 e. The number of ether oxygens (including phenoxy) is 1. The van der Waals surface area contributed by atoms with Crippen LogP contribution in [-0.2, 0) is 20.5 Å². The third kappa shape index (κ3) is 5.04. The van der Waals surface area contributed by atoms with Gasteiger partial charge in [0.05, 0.1) is 18.1 Å². The second kappa shape index (κ2) is 8.81. The number of pyridine rings is 1. The summed E-state index contributed by atoms with van der Waals surface area (Å²) in [4.78, 5) is 10.0. The van der Waals surface area contributed by atoms with E-state index in [1.54, 1.807) is 17.5 Å². The molecule has 0 radical (unpaired) electrons. The fourth-order valence-corrected chi connectivity index (χ4v) is 5.45. The van der Waals surface area contributed by atoms with Crippen LogP contribution in [0.4, 0.5) is 10.9 Å². The minimum Gasteiger partial charge on any atom is -0.369 e. The SMILES string of the molecule is Cc1ccc(CS(=O)(=O)N2CCOC(c3cccc(Nc4ncc(C)s4)n3)C2)cc1. The quantitative estimate of drug-likeness (QED) is 0.623. The third-order valence-electron chi connectivity index (χ3n) is 4.85. The summed E-state index contributed by atoms with van der Waals surface area (Å²) in [5.41, 5.74) is 2.59. The van der Waals surface area contributed by atoms with Gasteiger partial charge >= 0.3 is 0 Å². The lowest BCUT2D eigenvalue weighted by Crippen LogP contribution is -2.42. The second-order valence-electron chi connectivity index (χ2n) is 7.31. The molecule has 1 fully saturated rings. The van der Waals surface area contributed by atoms with E-state index in [0.717, 1.165) is 21.1 Å². The van der Waals surface area contributed by atoms with E-state index in [1.165, 1.54) is 4.31 Å². The minimum absolute atomic E-state index is 0.0155. The first-order chi connectivity index (χ1) is 14.4. The molecule has 1 saturated heterocycles. The number of rotatable bonds is 6. The van der Waals surface area contributed by atoms with Gasteiger partial charge in [-0.3, -0.25) is 0 Å². The first-order valence-corrected chi connectivity index (χ1v) is 12.1. The van der Waals surface area contributed by atoms with Crippen molar-refractivity contribution in [3.05, 3.63) is 70.4 Å². The van der Waals surface area contributed by atoms with Crippen molar-refractivity contribution in [1.82, 2.24) is 14.3 Å². The average molecular weight is 445 g/mol. The van der Waals surface area contributed by atoms with Crippen LogP contribution < -0.4 is 5.32 Å². The molecule has 1 aromatic carbocycles. The van der Waals surface area contributed by atoms with Crippen LogP contribution in [0.3, 0.4) is 0 Å². The number of nitrogens with zero attached hydrogens (tertiary/aromatic N) is 3. The maximum absolute atomic E-state index is 13.0. The summed E-state index contributed by atoms with van der Waals surface area (Å²) in [6.45, 7) is 4.91. The highest BCUT2D eigenvalue weighted by Gasteiger charge is 2.31. The number of hydrogen-bond donors (Lipinski definition) is 1. The molecule has 0 spiro atoms. The van der Waals surface area contributed by atoms with E-state index in [9.17, 15) is 8.42 Å². The molecule has 30 heavy (non-hydrogen) atoms. The van der Waals surface area contributed by atoms with Crippen LogP contribution in [-0.4, -0.2) is 42.4 Å². The smallest absolute Gasteiger partial charge is 0.218 e. The zero-order valence-corrected chi connectivity index (χ0v) is 18.5. The molecule has 3 aromatic rings. The normalized spacial score (nSPS) is 17.7. The molecule has 1 atom stereocenters. The highest BCUT2D eigenvalue weighted by Crippen LogP contribution is 2.26. The highest BCUT2D eigenvalue weighted by atomic mass is 32.2. The molecule has 7 nitrogen and oxygen atoms in total. The largest absolute Gasteiger partial charge is 0.369 e. The summed E-state index contributed by atoms with van der Waals surface area (Å²) < 4.78 is 33.3. The van der Waals surface area contributed by atoms with Crippen LogP contribution in [0.15, 0.2) is 48.7 Å². The number of hydrogen-bond acceptors (Lipinski definition) is 7. The van der Waals surface area contributed by atoms with Gasteiger partial charge < -0.3 is 10.1 Å². The third-order valence-corrected chi connectivity index (χ3v) is 7.49. The first kappa shape index (κ1) is 20.9. The molecule has 9 heteroatoms. The predicted molar refractivity (Wildman–Crippen MR) is 118 cm³/mol. The van der Waals surface area contributed by atoms with Gasteiger partial charge in [0, 0.05) is 24.2 Å². The van der Waals surface area contributed by atoms with E-state index in [-0.39, 0.29) is 12.3 Å². The second-order valence-corrected chi connectivity index (χ2v) is 10.5. The molecule has 3 heterocycles. The number of benzene rings is 1. The molecule has 0 saturated carbocycles. The molecule has 0 aliphatic carbocycles.